The summed E-state index contributed by atoms with van der Waals surface area (Å²) in [5.74, 6) is 0. The first-order chi connectivity index (χ1) is 8.66. The highest BCUT2D eigenvalue weighted by Gasteiger charge is 2.06. The molecule has 1 aromatic heterocycles. The van der Waals surface area contributed by atoms with Gasteiger partial charge in [0.1, 0.15) is 0 Å². The molecule has 0 spiro atoms. The molecule has 0 atom stereocenters. The van der Waals surface area contributed by atoms with Gasteiger partial charge in [0.2, 0.25) is 0 Å². The molecule has 5 nitrogen and oxygen atoms in total. The fourth-order valence-electron chi connectivity index (χ4n) is 1.36. The Morgan fingerprint density at radius 2 is 1.89 bits per heavy atom. The number of nitrogens with one attached hydrogen (secondary N) is 2. The van der Waals surface area contributed by atoms with Gasteiger partial charge < -0.3 is 16.4 Å². The zero-order valence-corrected chi connectivity index (χ0v) is 10.1. The van der Waals surface area contributed by atoms with Crippen LogP contribution in [-0.2, 0) is 0 Å². The molecule has 2 amide bonds. The van der Waals surface area contributed by atoms with Crippen LogP contribution in [0.4, 0.5) is 21.9 Å². The van der Waals surface area contributed by atoms with Gasteiger partial charge in [-0.3, -0.25) is 4.98 Å². The first-order valence-electron chi connectivity index (χ1n) is 5.19. The Balaban J connectivity index is 2.06. The van der Waals surface area contributed by atoms with E-state index in [2.05, 4.69) is 15.6 Å². The molecule has 0 bridgehead atoms. The number of hydrogen-bond acceptors (Lipinski definition) is 3. The zero-order valence-electron chi connectivity index (χ0n) is 9.35. The molecule has 2 aromatic rings. The molecule has 6 heteroatoms. The summed E-state index contributed by atoms with van der Waals surface area (Å²) < 4.78 is 0. The maximum Gasteiger partial charge on any atom is 0.323 e. The van der Waals surface area contributed by atoms with E-state index < -0.39 is 6.03 Å². The molecule has 4 N–H and O–H groups in total. The van der Waals surface area contributed by atoms with Crippen molar-refractivity contribution < 1.29 is 4.79 Å². The van der Waals surface area contributed by atoms with E-state index in [1.165, 1.54) is 6.20 Å². The van der Waals surface area contributed by atoms with Gasteiger partial charge in [0.15, 0.2) is 0 Å². The molecule has 0 aliphatic rings. The van der Waals surface area contributed by atoms with Gasteiger partial charge in [-0.2, -0.15) is 0 Å². The average molecular weight is 263 g/mol. The second-order valence-electron chi connectivity index (χ2n) is 3.52. The number of nitrogens with two attached hydrogens (primary N) is 1. The predicted octanol–water partition coefficient (Wildman–Crippen LogP) is 2.96. The number of benzene rings is 1. The number of aromatic nitrogens is 1. The van der Waals surface area contributed by atoms with E-state index in [0.717, 1.165) is 0 Å². The Kier molecular flexibility index (Phi) is 3.64. The summed E-state index contributed by atoms with van der Waals surface area (Å²) in [6, 6.07) is 8.16. The van der Waals surface area contributed by atoms with Crippen LogP contribution >= 0.6 is 11.6 Å². The molecular weight excluding hydrogens is 252 g/mol. The Morgan fingerprint density at radius 1 is 1.17 bits per heavy atom. The van der Waals surface area contributed by atoms with Crippen molar-refractivity contribution in [2.24, 2.45) is 0 Å². The van der Waals surface area contributed by atoms with E-state index in [1.54, 1.807) is 36.5 Å². The van der Waals surface area contributed by atoms with Crippen molar-refractivity contribution in [2.75, 3.05) is 16.4 Å². The minimum Gasteiger partial charge on any atom is -0.396 e. The average Bonchev–Trinajstić information content (AvgIpc) is 2.35. The quantitative estimate of drug-likeness (QED) is 0.778. The number of rotatable bonds is 2. The lowest BCUT2D eigenvalue weighted by Crippen LogP contribution is -2.20. The van der Waals surface area contributed by atoms with Crippen molar-refractivity contribution in [1.29, 1.82) is 0 Å². The van der Waals surface area contributed by atoms with Crippen LogP contribution in [0, 0.1) is 0 Å². The lowest BCUT2D eigenvalue weighted by molar-refractivity contribution is 0.262. The molecule has 0 radical (unpaired) electrons. The number of halogens is 1. The lowest BCUT2D eigenvalue weighted by atomic mass is 10.3. The molecular formula is C12H11ClN4O. The number of carbonyl (C=O) groups is 1. The van der Waals surface area contributed by atoms with Crippen LogP contribution in [0.15, 0.2) is 42.7 Å². The summed E-state index contributed by atoms with van der Waals surface area (Å²) in [7, 11) is 0. The molecule has 0 aliphatic carbocycles. The van der Waals surface area contributed by atoms with Gasteiger partial charge in [0, 0.05) is 6.20 Å². The summed E-state index contributed by atoms with van der Waals surface area (Å²) in [5.41, 5.74) is 7.08. The van der Waals surface area contributed by atoms with Gasteiger partial charge in [0.05, 0.1) is 28.3 Å². The molecule has 0 aliphatic heterocycles. The van der Waals surface area contributed by atoms with Gasteiger partial charge in [-0.25, -0.2) is 4.79 Å². The van der Waals surface area contributed by atoms with Crippen molar-refractivity contribution >= 4 is 34.7 Å². The molecule has 92 valence electrons. The number of para-hydroxylation sites is 1. The summed E-state index contributed by atoms with van der Waals surface area (Å²) in [4.78, 5) is 15.6. The summed E-state index contributed by atoms with van der Waals surface area (Å²) >= 11 is 5.93. The fraction of sp³-hybridized carbons (Fsp3) is 0. The topological polar surface area (TPSA) is 80.0 Å². The Labute approximate surface area is 109 Å². The Hall–Kier alpha value is -2.27. The maximum absolute atomic E-state index is 11.7. The van der Waals surface area contributed by atoms with Crippen molar-refractivity contribution in [3.8, 4) is 0 Å². The number of amides is 2. The van der Waals surface area contributed by atoms with Crippen LogP contribution in [0.1, 0.15) is 0 Å². The van der Waals surface area contributed by atoms with Crippen molar-refractivity contribution in [2.45, 2.75) is 0 Å². The Morgan fingerprint density at radius 3 is 2.61 bits per heavy atom. The van der Waals surface area contributed by atoms with Gasteiger partial charge in [0.25, 0.3) is 0 Å². The largest absolute Gasteiger partial charge is 0.396 e. The number of nitrogen functional groups attached to an aromatic ring is 1. The monoisotopic (exact) mass is 262 g/mol. The standard InChI is InChI=1S/C12H11ClN4O/c13-8-3-1-2-4-10(8)16-12(18)17-11-5-6-15-7-9(11)14/h1-7H,14H2,(H2,15,16,17,18). The number of pyridine rings is 1. The highest BCUT2D eigenvalue weighted by atomic mass is 35.5. The van der Waals surface area contributed by atoms with Crippen LogP contribution in [0.25, 0.3) is 0 Å². The van der Waals surface area contributed by atoms with Crippen molar-refractivity contribution in [3.05, 3.63) is 47.7 Å². The first-order valence-corrected chi connectivity index (χ1v) is 5.56. The van der Waals surface area contributed by atoms with Gasteiger partial charge >= 0.3 is 6.03 Å². The van der Waals surface area contributed by atoms with Crippen LogP contribution in [0.3, 0.4) is 0 Å². The van der Waals surface area contributed by atoms with E-state index in [0.29, 0.717) is 22.1 Å². The summed E-state index contributed by atoms with van der Waals surface area (Å²) in [6.45, 7) is 0. The molecule has 0 unspecified atom stereocenters. The first kappa shape index (κ1) is 12.2. The molecule has 1 heterocycles. The Bertz CT molecular complexity index is 524. The van der Waals surface area contributed by atoms with Gasteiger partial charge in [-0.05, 0) is 18.2 Å². The molecule has 0 saturated carbocycles. The van der Waals surface area contributed by atoms with Gasteiger partial charge in [-0.15, -0.1) is 0 Å². The van der Waals surface area contributed by atoms with E-state index in [-0.39, 0.29) is 0 Å². The number of nitrogens with zero attached hydrogens (tertiary/aromatic N) is 1. The van der Waals surface area contributed by atoms with E-state index in [9.17, 15) is 4.79 Å². The number of hydrogen-bond donors (Lipinski definition) is 3. The van der Waals surface area contributed by atoms with Crippen molar-refractivity contribution in [1.82, 2.24) is 4.98 Å². The van der Waals surface area contributed by atoms with E-state index in [1.807, 2.05) is 0 Å². The predicted molar refractivity (Wildman–Crippen MR) is 72.7 cm³/mol. The number of urea groups is 1. The number of carbonyl (C=O) groups excluding carboxylic acids is 1. The normalized spacial score (nSPS) is 9.83. The zero-order chi connectivity index (χ0) is 13.0. The SMILES string of the molecule is Nc1cnccc1NC(=O)Nc1ccccc1Cl. The van der Waals surface area contributed by atoms with E-state index in [4.69, 9.17) is 17.3 Å². The smallest absolute Gasteiger partial charge is 0.323 e. The van der Waals surface area contributed by atoms with Crippen molar-refractivity contribution in [3.63, 3.8) is 0 Å². The third kappa shape index (κ3) is 2.89. The molecule has 0 fully saturated rings. The minimum atomic E-state index is -0.416. The highest BCUT2D eigenvalue weighted by molar-refractivity contribution is 6.33. The van der Waals surface area contributed by atoms with Gasteiger partial charge in [-0.1, -0.05) is 23.7 Å². The summed E-state index contributed by atoms with van der Waals surface area (Å²) in [5, 5.41) is 5.71. The van der Waals surface area contributed by atoms with Crippen LogP contribution in [-0.4, -0.2) is 11.0 Å². The minimum absolute atomic E-state index is 0.395. The third-order valence-electron chi connectivity index (χ3n) is 2.22. The molecule has 18 heavy (non-hydrogen) atoms. The van der Waals surface area contributed by atoms with Crippen LogP contribution in [0.5, 0.6) is 0 Å². The second kappa shape index (κ2) is 5.37. The molecule has 2 rings (SSSR count). The molecule has 1 aromatic carbocycles. The maximum atomic E-state index is 11.7. The van der Waals surface area contributed by atoms with Crippen LogP contribution in [0.2, 0.25) is 5.02 Å². The molecule has 0 saturated heterocycles. The summed E-state index contributed by atoms with van der Waals surface area (Å²) in [6.07, 6.45) is 3.01. The fourth-order valence-corrected chi connectivity index (χ4v) is 1.54. The van der Waals surface area contributed by atoms with Crippen LogP contribution < -0.4 is 16.4 Å². The highest BCUT2D eigenvalue weighted by Crippen LogP contribution is 2.21. The van der Waals surface area contributed by atoms with E-state index >= 15 is 0 Å². The third-order valence-corrected chi connectivity index (χ3v) is 2.55. The number of anilines is 3. The lowest BCUT2D eigenvalue weighted by Gasteiger charge is -2.09. The second-order valence-corrected chi connectivity index (χ2v) is 3.93.